The van der Waals surface area contributed by atoms with E-state index in [1.54, 1.807) is 48.3 Å². The molecule has 1 fully saturated rings. The number of nitroso groups, excluding NO2 is 2. The van der Waals surface area contributed by atoms with Gasteiger partial charge < -0.3 is 38.2 Å². The van der Waals surface area contributed by atoms with Crippen LogP contribution in [0.3, 0.4) is 0 Å². The summed E-state index contributed by atoms with van der Waals surface area (Å²) in [6, 6.07) is 30.3. The Morgan fingerprint density at radius 1 is 0.552 bits per heavy atom. The van der Waals surface area contributed by atoms with Crippen molar-refractivity contribution >= 4 is 17.8 Å². The van der Waals surface area contributed by atoms with Crippen LogP contribution in [0.25, 0.3) is 0 Å². The summed E-state index contributed by atoms with van der Waals surface area (Å²) < 4.78 is 35.5. The van der Waals surface area contributed by atoms with Crippen LogP contribution in [0, 0.1) is 9.81 Å². The van der Waals surface area contributed by atoms with E-state index >= 15 is 4.79 Å². The Morgan fingerprint density at radius 2 is 0.948 bits per heavy atom. The molecule has 1 aliphatic rings. The largest absolute Gasteiger partial charge is 0.382 e. The topological polar surface area (TPSA) is 172 Å². The van der Waals surface area contributed by atoms with Crippen molar-refractivity contribution < 1.29 is 42.8 Å². The molecule has 1 heterocycles. The van der Waals surface area contributed by atoms with Crippen LogP contribution in [-0.2, 0) is 54.4 Å². The van der Waals surface area contributed by atoms with Gasteiger partial charge in [0.05, 0.1) is 38.5 Å². The maximum absolute atomic E-state index is 15.6. The van der Waals surface area contributed by atoms with Crippen LogP contribution in [0.5, 0.6) is 0 Å². The van der Waals surface area contributed by atoms with Gasteiger partial charge in [0.2, 0.25) is 0 Å². The molecule has 4 aromatic carbocycles. The van der Waals surface area contributed by atoms with Crippen molar-refractivity contribution in [1.29, 1.82) is 0 Å². The number of rotatable bonds is 22. The zero-order valence-electron chi connectivity index (χ0n) is 32.6. The molecule has 0 saturated carbocycles. The predicted octanol–water partition coefficient (Wildman–Crippen LogP) is 6.17. The van der Waals surface area contributed by atoms with Crippen molar-refractivity contribution in [2.24, 2.45) is 10.4 Å². The van der Waals surface area contributed by atoms with Crippen LogP contribution < -0.4 is 0 Å². The van der Waals surface area contributed by atoms with Crippen molar-refractivity contribution in [3.8, 4) is 0 Å². The fourth-order valence-corrected chi connectivity index (χ4v) is 6.95. The first-order valence-corrected chi connectivity index (χ1v) is 18.8. The second kappa shape index (κ2) is 23.0. The summed E-state index contributed by atoms with van der Waals surface area (Å²) in [4.78, 5) is 66.3. The zero-order valence-corrected chi connectivity index (χ0v) is 32.6. The van der Waals surface area contributed by atoms with Crippen LogP contribution in [-0.4, -0.2) is 106 Å². The summed E-state index contributed by atoms with van der Waals surface area (Å²) in [6.07, 6.45) is -1.08. The Labute approximate surface area is 337 Å². The summed E-state index contributed by atoms with van der Waals surface area (Å²) in [6.45, 7) is 0.794. The van der Waals surface area contributed by atoms with E-state index in [9.17, 15) is 19.4 Å². The van der Waals surface area contributed by atoms with Gasteiger partial charge in [-0.3, -0.25) is 9.59 Å². The normalized spacial score (nSPS) is 18.1. The second-order valence-corrected chi connectivity index (χ2v) is 13.5. The second-order valence-electron chi connectivity index (χ2n) is 13.5. The van der Waals surface area contributed by atoms with Crippen molar-refractivity contribution in [3.05, 3.63) is 152 Å². The van der Waals surface area contributed by atoms with Gasteiger partial charge in [-0.15, -0.1) is 9.81 Å². The minimum absolute atomic E-state index is 0.0140. The van der Waals surface area contributed by atoms with Gasteiger partial charge in [0.1, 0.15) is 25.8 Å². The van der Waals surface area contributed by atoms with Crippen molar-refractivity contribution in [2.45, 2.75) is 50.2 Å². The van der Waals surface area contributed by atoms with E-state index in [0.717, 1.165) is 11.1 Å². The molecule has 15 heteroatoms. The highest BCUT2D eigenvalue weighted by atomic mass is 16.7. The predicted molar refractivity (Wildman–Crippen MR) is 213 cm³/mol. The van der Waals surface area contributed by atoms with Gasteiger partial charge in [-0.1, -0.05) is 84.9 Å². The molecule has 15 nitrogen and oxygen atoms in total. The molecule has 0 spiro atoms. The van der Waals surface area contributed by atoms with Gasteiger partial charge >= 0.3 is 17.8 Å². The first-order valence-electron chi connectivity index (χ1n) is 18.8. The Kier molecular flexibility index (Phi) is 17.3. The molecule has 0 radical (unpaired) electrons. The minimum atomic E-state index is -0.940. The average Bonchev–Trinajstić information content (AvgIpc) is 3.33. The third-order valence-corrected chi connectivity index (χ3v) is 9.72. The molecule has 1 aliphatic heterocycles. The van der Waals surface area contributed by atoms with Gasteiger partial charge in [-0.05, 0) is 59.4 Å². The lowest BCUT2D eigenvalue weighted by molar-refractivity contribution is -0.192. The third kappa shape index (κ3) is 12.2. The number of nitrogens with zero attached hydrogens (tertiary/aromatic N) is 4. The summed E-state index contributed by atoms with van der Waals surface area (Å²) in [5.74, 6) is -1.88. The summed E-state index contributed by atoms with van der Waals surface area (Å²) >= 11 is 0. The molecular formula is C43H48N4O11. The lowest BCUT2D eigenvalue weighted by Crippen LogP contribution is -2.53. The monoisotopic (exact) mass is 796 g/mol. The smallest absolute Gasteiger partial charge is 0.321 e. The molecule has 4 aromatic rings. The molecule has 4 amide bonds. The van der Waals surface area contributed by atoms with Crippen LogP contribution in [0.1, 0.15) is 43.0 Å². The van der Waals surface area contributed by atoms with Gasteiger partial charge in [0.15, 0.2) is 0 Å². The van der Waals surface area contributed by atoms with Gasteiger partial charge in [-0.2, -0.15) is 0 Å². The molecule has 4 atom stereocenters. The van der Waals surface area contributed by atoms with E-state index in [2.05, 4.69) is 10.4 Å². The number of amides is 4. The quantitative estimate of drug-likeness (QED) is 0.0506. The highest BCUT2D eigenvalue weighted by molar-refractivity contribution is 5.95. The molecular weight excluding hydrogens is 748 g/mol. The molecule has 0 bridgehead atoms. The van der Waals surface area contributed by atoms with E-state index in [1.165, 1.54) is 24.3 Å². The number of ether oxygens (including phenoxy) is 6. The van der Waals surface area contributed by atoms with Gasteiger partial charge in [0.25, 0.3) is 0 Å². The first kappa shape index (κ1) is 43.6. The minimum Gasteiger partial charge on any atom is -0.382 e. The first-order chi connectivity index (χ1) is 28.4. The lowest BCUT2D eigenvalue weighted by atomic mass is 9.90. The van der Waals surface area contributed by atoms with Crippen LogP contribution in [0.15, 0.2) is 120 Å². The number of carbonyl (C=O) groups is 3. The molecule has 0 unspecified atom stereocenters. The van der Waals surface area contributed by atoms with E-state index in [1.807, 2.05) is 60.7 Å². The van der Waals surface area contributed by atoms with E-state index in [4.69, 9.17) is 28.4 Å². The number of urea groups is 1. The van der Waals surface area contributed by atoms with Gasteiger partial charge in [-0.25, -0.2) is 4.79 Å². The Morgan fingerprint density at radius 3 is 1.33 bits per heavy atom. The number of hydrogen-bond acceptors (Lipinski definition) is 11. The number of hydrogen-bond donors (Lipinski definition) is 0. The maximum Gasteiger partial charge on any atom is 0.321 e. The highest BCUT2D eigenvalue weighted by Crippen LogP contribution is 2.33. The van der Waals surface area contributed by atoms with Crippen LogP contribution in [0.4, 0.5) is 4.79 Å². The van der Waals surface area contributed by atoms with Crippen molar-refractivity contribution in [3.63, 3.8) is 0 Å². The summed E-state index contributed by atoms with van der Waals surface area (Å²) in [5, 5.41) is 5.20. The number of methoxy groups -OCH3 is 2. The van der Waals surface area contributed by atoms with E-state index in [0.29, 0.717) is 37.2 Å². The molecule has 0 aliphatic carbocycles. The maximum atomic E-state index is 15.6. The van der Waals surface area contributed by atoms with Crippen molar-refractivity contribution in [2.75, 3.05) is 54.2 Å². The summed E-state index contributed by atoms with van der Waals surface area (Å²) in [5.41, 5.74) is 3.08. The zero-order chi connectivity index (χ0) is 41.1. The SMILES string of the molecule is COCCOCO[C@@H]1[C@@H](OCOCCOC)[C@@H](Cc2ccccc2)N(Cc2cccc(C(=O)N=O)c2)C(=O)N(Cc2cccc(C(=O)N=O)c2)[C@@H]1Cc1ccccc1. The Bertz CT molecular complexity index is 1800. The molecule has 58 heavy (non-hydrogen) atoms. The van der Waals surface area contributed by atoms with Crippen LogP contribution >= 0.6 is 0 Å². The molecule has 0 aromatic heterocycles. The number of benzene rings is 4. The highest BCUT2D eigenvalue weighted by Gasteiger charge is 2.49. The lowest BCUT2D eigenvalue weighted by Gasteiger charge is -2.38. The molecule has 5 rings (SSSR count). The Balaban J connectivity index is 1.71. The van der Waals surface area contributed by atoms with E-state index in [-0.39, 0.29) is 51.0 Å². The fourth-order valence-electron chi connectivity index (χ4n) is 6.95. The van der Waals surface area contributed by atoms with Gasteiger partial charge in [0, 0.05) is 48.8 Å². The average molecular weight is 797 g/mol. The Hall–Kier alpha value is -5.55. The molecule has 1 saturated heterocycles. The summed E-state index contributed by atoms with van der Waals surface area (Å²) in [7, 11) is 3.14. The van der Waals surface area contributed by atoms with E-state index < -0.39 is 42.1 Å². The standard InChI is InChI=1S/C43H48N4O11/c1-53-19-21-55-29-57-39-37(25-31-11-5-3-6-12-31)46(27-33-15-9-17-35(23-33)41(48)44-51)43(50)47(28-34-16-10-18-36(24-34)42(49)45-52)38(26-32-13-7-4-8-14-32)40(39)58-30-56-22-20-54-2/h3-18,23-24,37-40H,19-22,25-30H2,1-2H3/t37-,38-,39+,40+/m1/s1. The van der Waals surface area contributed by atoms with Crippen LogP contribution in [0.2, 0.25) is 0 Å². The molecule has 306 valence electrons. The van der Waals surface area contributed by atoms with Crippen molar-refractivity contribution in [1.82, 2.24) is 9.80 Å². The molecule has 0 N–H and O–H groups in total. The fraction of sp³-hybridized carbons (Fsp3) is 0.372. The number of carbonyl (C=O) groups excluding carboxylic acids is 3. The third-order valence-electron chi connectivity index (χ3n) is 9.72.